The Hall–Kier alpha value is -0.0800. The molecule has 0 aliphatic carbocycles. The number of aliphatic hydroxyl groups excluding tert-OH is 1. The lowest BCUT2D eigenvalue weighted by molar-refractivity contribution is -0.0338. The molecule has 2 nitrogen and oxygen atoms in total. The van der Waals surface area contributed by atoms with Crippen molar-refractivity contribution >= 4 is 0 Å². The zero-order valence-corrected chi connectivity index (χ0v) is 9.92. The van der Waals surface area contributed by atoms with Gasteiger partial charge in [-0.25, -0.2) is 0 Å². The quantitative estimate of drug-likeness (QED) is 0.756. The van der Waals surface area contributed by atoms with E-state index in [1.54, 1.807) is 0 Å². The minimum Gasteiger partial charge on any atom is -0.393 e. The third-order valence-corrected chi connectivity index (χ3v) is 3.33. The van der Waals surface area contributed by atoms with Crippen LogP contribution in [0.4, 0.5) is 0 Å². The van der Waals surface area contributed by atoms with E-state index in [1.165, 1.54) is 0 Å². The molecule has 1 aliphatic rings. The van der Waals surface area contributed by atoms with Crippen LogP contribution in [-0.4, -0.2) is 22.9 Å². The summed E-state index contributed by atoms with van der Waals surface area (Å²) in [6, 6.07) is 0. The summed E-state index contributed by atoms with van der Waals surface area (Å²) < 4.78 is 5.92. The van der Waals surface area contributed by atoms with E-state index < -0.39 is 0 Å². The molecule has 0 amide bonds. The van der Waals surface area contributed by atoms with Gasteiger partial charge in [-0.2, -0.15) is 0 Å². The maximum absolute atomic E-state index is 9.55. The van der Waals surface area contributed by atoms with Gasteiger partial charge in [0.2, 0.25) is 0 Å². The molecule has 0 aromatic carbocycles. The second-order valence-corrected chi connectivity index (χ2v) is 5.18. The molecule has 14 heavy (non-hydrogen) atoms. The molecular formula is C12H24O2. The molecule has 1 fully saturated rings. The van der Waals surface area contributed by atoms with Crippen LogP contribution < -0.4 is 0 Å². The van der Waals surface area contributed by atoms with Crippen molar-refractivity contribution in [2.24, 2.45) is 5.92 Å². The third-order valence-electron chi connectivity index (χ3n) is 3.33. The minimum absolute atomic E-state index is 0.0572. The molecule has 0 bridgehead atoms. The van der Waals surface area contributed by atoms with E-state index in [1.807, 2.05) is 6.92 Å². The minimum atomic E-state index is -0.202. The zero-order valence-electron chi connectivity index (χ0n) is 9.92. The molecule has 3 atom stereocenters. The van der Waals surface area contributed by atoms with E-state index in [0.29, 0.717) is 12.0 Å². The van der Waals surface area contributed by atoms with Crippen LogP contribution in [0.1, 0.15) is 53.4 Å². The van der Waals surface area contributed by atoms with E-state index in [4.69, 9.17) is 4.74 Å². The first-order valence-electron chi connectivity index (χ1n) is 5.80. The van der Waals surface area contributed by atoms with Crippen molar-refractivity contribution in [1.82, 2.24) is 0 Å². The van der Waals surface area contributed by atoms with Gasteiger partial charge in [0.15, 0.2) is 0 Å². The Balaban J connectivity index is 2.38. The summed E-state index contributed by atoms with van der Waals surface area (Å²) in [7, 11) is 0. The Kier molecular flexibility index (Phi) is 3.96. The first kappa shape index (κ1) is 12.0. The fourth-order valence-corrected chi connectivity index (χ4v) is 2.29. The molecule has 1 N–H and O–H groups in total. The average Bonchev–Trinajstić information content (AvgIpc) is 2.41. The van der Waals surface area contributed by atoms with Crippen LogP contribution >= 0.6 is 0 Å². The van der Waals surface area contributed by atoms with Crippen LogP contribution in [0.5, 0.6) is 0 Å². The average molecular weight is 200 g/mol. The Morgan fingerprint density at radius 2 is 2.14 bits per heavy atom. The normalized spacial score (nSPS) is 30.2. The highest BCUT2D eigenvalue weighted by atomic mass is 16.5. The number of hydrogen-bond donors (Lipinski definition) is 1. The lowest BCUT2D eigenvalue weighted by Crippen LogP contribution is -2.25. The molecule has 1 saturated heterocycles. The van der Waals surface area contributed by atoms with Crippen LogP contribution in [0.2, 0.25) is 0 Å². The van der Waals surface area contributed by atoms with Gasteiger partial charge < -0.3 is 9.84 Å². The van der Waals surface area contributed by atoms with Crippen molar-refractivity contribution in [3.8, 4) is 0 Å². The van der Waals surface area contributed by atoms with E-state index in [0.717, 1.165) is 25.7 Å². The summed E-state index contributed by atoms with van der Waals surface area (Å²) in [6.07, 6.45) is 4.51. The highest BCUT2D eigenvalue weighted by molar-refractivity contribution is 4.82. The molecule has 3 unspecified atom stereocenters. The molecule has 84 valence electrons. The summed E-state index contributed by atoms with van der Waals surface area (Å²) in [6.45, 7) is 8.32. The lowest BCUT2D eigenvalue weighted by Gasteiger charge is -2.24. The van der Waals surface area contributed by atoms with E-state index >= 15 is 0 Å². The van der Waals surface area contributed by atoms with Crippen molar-refractivity contribution in [3.63, 3.8) is 0 Å². The van der Waals surface area contributed by atoms with Gasteiger partial charge in [0.05, 0.1) is 17.8 Å². The third kappa shape index (κ3) is 3.25. The Labute approximate surface area is 87.7 Å². The maximum Gasteiger partial charge on any atom is 0.0631 e. The summed E-state index contributed by atoms with van der Waals surface area (Å²) in [5, 5.41) is 9.55. The fraction of sp³-hybridized carbons (Fsp3) is 1.00. The molecule has 1 aliphatic heterocycles. The van der Waals surface area contributed by atoms with Gasteiger partial charge in [-0.3, -0.25) is 0 Å². The first-order valence-corrected chi connectivity index (χ1v) is 5.80. The zero-order chi connectivity index (χ0) is 10.8. The van der Waals surface area contributed by atoms with Crippen molar-refractivity contribution < 1.29 is 9.84 Å². The predicted octanol–water partition coefficient (Wildman–Crippen LogP) is 2.74. The summed E-state index contributed by atoms with van der Waals surface area (Å²) in [5.74, 6) is 0.397. The topological polar surface area (TPSA) is 29.5 Å². The monoisotopic (exact) mass is 200 g/mol. The summed E-state index contributed by atoms with van der Waals surface area (Å²) in [4.78, 5) is 0. The van der Waals surface area contributed by atoms with Gasteiger partial charge in [-0.05, 0) is 46.0 Å². The predicted molar refractivity (Wildman–Crippen MR) is 58.3 cm³/mol. The molecule has 0 saturated carbocycles. The Morgan fingerprint density at radius 3 is 2.50 bits per heavy atom. The van der Waals surface area contributed by atoms with Crippen LogP contribution in [0.25, 0.3) is 0 Å². The highest BCUT2D eigenvalue weighted by Crippen LogP contribution is 2.33. The number of ether oxygens (including phenoxy) is 1. The van der Waals surface area contributed by atoms with Gasteiger partial charge in [0.1, 0.15) is 0 Å². The van der Waals surface area contributed by atoms with E-state index in [9.17, 15) is 5.11 Å². The summed E-state index contributed by atoms with van der Waals surface area (Å²) in [5.41, 5.74) is 0.0572. The van der Waals surface area contributed by atoms with Crippen LogP contribution in [0, 0.1) is 5.92 Å². The molecule has 0 aromatic rings. The van der Waals surface area contributed by atoms with Crippen molar-refractivity contribution in [2.75, 3.05) is 0 Å². The molecule has 0 spiro atoms. The number of aliphatic hydroxyl groups is 1. The lowest BCUT2D eigenvalue weighted by atomic mass is 9.92. The number of rotatable bonds is 4. The van der Waals surface area contributed by atoms with E-state index in [-0.39, 0.29) is 11.7 Å². The van der Waals surface area contributed by atoms with Crippen LogP contribution in [0.3, 0.4) is 0 Å². The molecular weight excluding hydrogens is 176 g/mol. The van der Waals surface area contributed by atoms with Crippen LogP contribution in [-0.2, 0) is 4.74 Å². The summed E-state index contributed by atoms with van der Waals surface area (Å²) >= 11 is 0. The SMILES string of the molecule is CCC(CC1CCC(C)(C)O1)C(C)O. The molecule has 1 rings (SSSR count). The second-order valence-electron chi connectivity index (χ2n) is 5.18. The molecule has 2 heteroatoms. The van der Waals surface area contributed by atoms with Crippen molar-refractivity contribution in [3.05, 3.63) is 0 Å². The molecule has 0 aromatic heterocycles. The van der Waals surface area contributed by atoms with Gasteiger partial charge in [-0.1, -0.05) is 13.3 Å². The molecule has 0 radical (unpaired) electrons. The standard InChI is InChI=1S/C12H24O2/c1-5-10(9(2)13)8-11-6-7-12(3,4)14-11/h9-11,13H,5-8H2,1-4H3. The number of hydrogen-bond acceptors (Lipinski definition) is 2. The molecule has 1 heterocycles. The van der Waals surface area contributed by atoms with Crippen molar-refractivity contribution in [2.45, 2.75) is 71.2 Å². The largest absolute Gasteiger partial charge is 0.393 e. The van der Waals surface area contributed by atoms with Gasteiger partial charge in [0.25, 0.3) is 0 Å². The fourth-order valence-electron chi connectivity index (χ4n) is 2.29. The highest BCUT2D eigenvalue weighted by Gasteiger charge is 2.33. The smallest absolute Gasteiger partial charge is 0.0631 e. The maximum atomic E-state index is 9.55. The van der Waals surface area contributed by atoms with Gasteiger partial charge in [0, 0.05) is 0 Å². The van der Waals surface area contributed by atoms with Gasteiger partial charge >= 0.3 is 0 Å². The van der Waals surface area contributed by atoms with Crippen LogP contribution in [0.15, 0.2) is 0 Å². The van der Waals surface area contributed by atoms with E-state index in [2.05, 4.69) is 20.8 Å². The second kappa shape index (κ2) is 4.63. The van der Waals surface area contributed by atoms with Gasteiger partial charge in [-0.15, -0.1) is 0 Å². The first-order chi connectivity index (χ1) is 6.44. The Morgan fingerprint density at radius 1 is 1.50 bits per heavy atom. The Bertz CT molecular complexity index is 175. The van der Waals surface area contributed by atoms with Crippen molar-refractivity contribution in [1.29, 1.82) is 0 Å².